The second-order valence-electron chi connectivity index (χ2n) is 8.46. The van der Waals surface area contributed by atoms with E-state index in [1.165, 1.54) is 30.5 Å². The highest BCUT2D eigenvalue weighted by Crippen LogP contribution is 2.32. The van der Waals surface area contributed by atoms with Crippen LogP contribution in [0.1, 0.15) is 44.9 Å². The molecule has 0 saturated carbocycles. The van der Waals surface area contributed by atoms with E-state index in [1.54, 1.807) is 57.4 Å². The highest BCUT2D eigenvalue weighted by molar-refractivity contribution is 7.07. The molecule has 0 amide bonds. The highest BCUT2D eigenvalue weighted by atomic mass is 32.1. The zero-order valence-electron chi connectivity index (χ0n) is 22.0. The van der Waals surface area contributed by atoms with Crippen LogP contribution in [0.2, 0.25) is 0 Å². The molecule has 202 valence electrons. The van der Waals surface area contributed by atoms with Crippen molar-refractivity contribution in [2.24, 2.45) is 4.99 Å². The SMILES string of the molecule is CCOC(=O)C1=C(C)N=c2sc(=Cc3ccc(OC(C)=O)cc3OC(C)=O)c(=O)n2[C@H]1c1ccc(OC)cc1. The fourth-order valence-corrected chi connectivity index (χ4v) is 5.18. The van der Waals surface area contributed by atoms with Gasteiger partial charge in [-0.3, -0.25) is 19.0 Å². The minimum Gasteiger partial charge on any atom is -0.497 e. The number of methoxy groups -OCH3 is 1. The molecule has 0 radical (unpaired) electrons. The summed E-state index contributed by atoms with van der Waals surface area (Å²) in [6.07, 6.45) is 1.56. The molecule has 2 aromatic carbocycles. The first-order chi connectivity index (χ1) is 18.6. The van der Waals surface area contributed by atoms with Gasteiger partial charge in [-0.1, -0.05) is 23.5 Å². The minimum absolute atomic E-state index is 0.113. The molecule has 1 atom stereocenters. The summed E-state index contributed by atoms with van der Waals surface area (Å²) < 4.78 is 22.7. The zero-order valence-corrected chi connectivity index (χ0v) is 22.8. The number of thiazole rings is 1. The number of fused-ring (bicyclic) bond motifs is 1. The number of aromatic nitrogens is 1. The van der Waals surface area contributed by atoms with Gasteiger partial charge in [0, 0.05) is 25.5 Å². The van der Waals surface area contributed by atoms with Crippen molar-refractivity contribution < 1.29 is 33.3 Å². The Morgan fingerprint density at radius 2 is 1.69 bits per heavy atom. The number of esters is 3. The Balaban J connectivity index is 1.91. The first-order valence-corrected chi connectivity index (χ1v) is 12.8. The maximum Gasteiger partial charge on any atom is 0.338 e. The van der Waals surface area contributed by atoms with Crippen molar-refractivity contribution in [1.29, 1.82) is 0 Å². The van der Waals surface area contributed by atoms with Crippen molar-refractivity contribution >= 4 is 35.3 Å². The van der Waals surface area contributed by atoms with Gasteiger partial charge in [-0.25, -0.2) is 9.79 Å². The molecule has 1 aliphatic rings. The zero-order chi connectivity index (χ0) is 28.3. The average molecular weight is 551 g/mol. The van der Waals surface area contributed by atoms with Crippen LogP contribution in [0.25, 0.3) is 6.08 Å². The van der Waals surface area contributed by atoms with Gasteiger partial charge in [-0.05, 0) is 49.8 Å². The summed E-state index contributed by atoms with van der Waals surface area (Å²) in [4.78, 5) is 54.9. The lowest BCUT2D eigenvalue weighted by molar-refractivity contribution is -0.139. The number of rotatable bonds is 7. The number of benzene rings is 2. The van der Waals surface area contributed by atoms with Crippen molar-refractivity contribution in [3.8, 4) is 17.2 Å². The molecule has 0 bridgehead atoms. The predicted molar refractivity (Wildman–Crippen MR) is 142 cm³/mol. The van der Waals surface area contributed by atoms with Crippen molar-refractivity contribution in [3.63, 3.8) is 0 Å². The van der Waals surface area contributed by atoms with E-state index in [1.807, 2.05) is 0 Å². The Morgan fingerprint density at radius 1 is 1.03 bits per heavy atom. The molecule has 0 aliphatic carbocycles. The third kappa shape index (κ3) is 5.83. The van der Waals surface area contributed by atoms with Gasteiger partial charge in [-0.2, -0.15) is 0 Å². The van der Waals surface area contributed by atoms with Crippen molar-refractivity contribution in [1.82, 2.24) is 4.57 Å². The predicted octanol–water partition coefficient (Wildman–Crippen LogP) is 2.66. The molecule has 0 saturated heterocycles. The van der Waals surface area contributed by atoms with Crippen LogP contribution in [0.4, 0.5) is 0 Å². The number of allylic oxidation sites excluding steroid dienone is 1. The lowest BCUT2D eigenvalue weighted by Gasteiger charge is -2.24. The summed E-state index contributed by atoms with van der Waals surface area (Å²) in [6, 6.07) is 10.8. The molecule has 3 aromatic rings. The number of hydrogen-bond acceptors (Lipinski definition) is 10. The Hall–Kier alpha value is -4.51. The second-order valence-corrected chi connectivity index (χ2v) is 9.47. The minimum atomic E-state index is -0.785. The van der Waals surface area contributed by atoms with E-state index < -0.39 is 29.5 Å². The largest absolute Gasteiger partial charge is 0.497 e. The third-order valence-corrected chi connectivity index (χ3v) is 6.72. The van der Waals surface area contributed by atoms with Gasteiger partial charge >= 0.3 is 17.9 Å². The maximum atomic E-state index is 13.8. The number of carbonyl (C=O) groups is 3. The van der Waals surface area contributed by atoms with Gasteiger partial charge in [0.05, 0.1) is 35.6 Å². The van der Waals surface area contributed by atoms with E-state index in [-0.39, 0.29) is 23.7 Å². The molecule has 2 heterocycles. The number of nitrogens with zero attached hydrogens (tertiary/aromatic N) is 2. The molecular formula is C28H26N2O8S. The summed E-state index contributed by atoms with van der Waals surface area (Å²) in [5, 5.41) is 0. The van der Waals surface area contributed by atoms with Gasteiger partial charge in [-0.15, -0.1) is 0 Å². The van der Waals surface area contributed by atoms with E-state index >= 15 is 0 Å². The molecule has 4 rings (SSSR count). The Morgan fingerprint density at radius 3 is 2.31 bits per heavy atom. The smallest absolute Gasteiger partial charge is 0.338 e. The number of carbonyl (C=O) groups excluding carboxylic acids is 3. The topological polar surface area (TPSA) is 122 Å². The molecule has 0 spiro atoms. The summed E-state index contributed by atoms with van der Waals surface area (Å²) in [7, 11) is 1.55. The average Bonchev–Trinajstić information content (AvgIpc) is 3.18. The van der Waals surface area contributed by atoms with E-state index in [4.69, 9.17) is 18.9 Å². The summed E-state index contributed by atoms with van der Waals surface area (Å²) >= 11 is 1.13. The molecule has 0 unspecified atom stereocenters. The van der Waals surface area contributed by atoms with Gasteiger partial charge in [0.15, 0.2) is 4.80 Å². The lowest BCUT2D eigenvalue weighted by Crippen LogP contribution is -2.39. The third-order valence-electron chi connectivity index (χ3n) is 5.74. The highest BCUT2D eigenvalue weighted by Gasteiger charge is 2.33. The first-order valence-electron chi connectivity index (χ1n) is 12.0. The molecule has 1 aromatic heterocycles. The van der Waals surface area contributed by atoms with Crippen molar-refractivity contribution in [2.75, 3.05) is 13.7 Å². The molecule has 10 nitrogen and oxygen atoms in total. The second kappa shape index (κ2) is 11.5. The summed E-state index contributed by atoms with van der Waals surface area (Å²) in [6.45, 7) is 6.07. The molecule has 0 N–H and O–H groups in total. The van der Waals surface area contributed by atoms with Crippen LogP contribution in [-0.4, -0.2) is 36.2 Å². The van der Waals surface area contributed by atoms with Crippen LogP contribution in [0, 0.1) is 0 Å². The van der Waals surface area contributed by atoms with E-state index in [9.17, 15) is 19.2 Å². The Bertz CT molecular complexity index is 1660. The van der Waals surface area contributed by atoms with Crippen LogP contribution in [0.15, 0.2) is 63.5 Å². The molecular weight excluding hydrogens is 524 g/mol. The summed E-state index contributed by atoms with van der Waals surface area (Å²) in [5.41, 5.74) is 1.38. The fraction of sp³-hybridized carbons (Fsp3) is 0.250. The summed E-state index contributed by atoms with van der Waals surface area (Å²) in [5.74, 6) is -0.753. The maximum absolute atomic E-state index is 13.8. The molecule has 11 heteroatoms. The van der Waals surface area contributed by atoms with Crippen LogP contribution in [-0.2, 0) is 19.1 Å². The van der Waals surface area contributed by atoms with Gasteiger partial charge in [0.25, 0.3) is 5.56 Å². The standard InChI is InChI=1S/C28H26N2O8S/c1-6-36-27(34)24-15(2)29-28-30(25(24)18-7-10-20(35-5)11-8-18)26(33)23(39-28)13-19-9-12-21(37-16(3)31)14-22(19)38-17(4)32/h7-14,25H,6H2,1-5H3/t25-/m0/s1. The van der Waals surface area contributed by atoms with Crippen LogP contribution in [0.5, 0.6) is 17.2 Å². The number of hydrogen-bond donors (Lipinski definition) is 0. The number of ether oxygens (including phenoxy) is 4. The Kier molecular flexibility index (Phi) is 8.10. The monoisotopic (exact) mass is 550 g/mol. The van der Waals surface area contributed by atoms with Gasteiger partial charge in [0.1, 0.15) is 17.2 Å². The van der Waals surface area contributed by atoms with E-state index in [0.29, 0.717) is 31.9 Å². The van der Waals surface area contributed by atoms with Gasteiger partial charge in [0.2, 0.25) is 0 Å². The Labute approximate surface area is 227 Å². The van der Waals surface area contributed by atoms with Crippen LogP contribution in [0.3, 0.4) is 0 Å². The molecule has 0 fully saturated rings. The van der Waals surface area contributed by atoms with Crippen LogP contribution < -0.4 is 29.1 Å². The first kappa shape index (κ1) is 27.5. The van der Waals surface area contributed by atoms with Crippen LogP contribution >= 0.6 is 11.3 Å². The van der Waals surface area contributed by atoms with Crippen molar-refractivity contribution in [3.05, 3.63) is 84.5 Å². The molecule has 39 heavy (non-hydrogen) atoms. The van der Waals surface area contributed by atoms with E-state index in [0.717, 1.165) is 11.3 Å². The normalized spacial score (nSPS) is 14.8. The van der Waals surface area contributed by atoms with E-state index in [2.05, 4.69) is 4.99 Å². The molecule has 1 aliphatic heterocycles. The lowest BCUT2D eigenvalue weighted by atomic mass is 9.96. The van der Waals surface area contributed by atoms with Gasteiger partial charge < -0.3 is 18.9 Å². The quantitative estimate of drug-likeness (QED) is 0.325. The fourth-order valence-electron chi connectivity index (χ4n) is 4.14. The van der Waals surface area contributed by atoms with Crippen molar-refractivity contribution in [2.45, 2.75) is 33.7 Å².